The van der Waals surface area contributed by atoms with Gasteiger partial charge in [-0.05, 0) is 12.8 Å². The van der Waals surface area contributed by atoms with Gasteiger partial charge in [0.2, 0.25) is 6.41 Å². The van der Waals surface area contributed by atoms with Crippen LogP contribution >= 0.6 is 0 Å². The Morgan fingerprint density at radius 1 is 1.12 bits per heavy atom. The summed E-state index contributed by atoms with van der Waals surface area (Å²) >= 11 is 0. The molecule has 0 aromatic heterocycles. The molecule has 0 atom stereocenters. The zero-order valence-electron chi connectivity index (χ0n) is 9.79. The van der Waals surface area contributed by atoms with Gasteiger partial charge in [0.15, 0.2) is 0 Å². The topological polar surface area (TPSA) is 77.9 Å². The van der Waals surface area contributed by atoms with E-state index in [-0.39, 0.29) is 0 Å². The van der Waals surface area contributed by atoms with Crippen molar-refractivity contribution in [2.75, 3.05) is 27.2 Å². The van der Waals surface area contributed by atoms with Crippen LogP contribution in [0.2, 0.25) is 0 Å². The van der Waals surface area contributed by atoms with Gasteiger partial charge in [-0.3, -0.25) is 9.35 Å². The van der Waals surface area contributed by atoms with Crippen molar-refractivity contribution in [2.24, 2.45) is 0 Å². The molecule has 1 heterocycles. The number of rotatable bonds is 2. The van der Waals surface area contributed by atoms with Crippen LogP contribution in [0.5, 0.6) is 0 Å². The van der Waals surface area contributed by atoms with Crippen LogP contribution in [0.15, 0.2) is 0 Å². The molecule has 1 amide bonds. The standard InChI is InChI=1S/C6H13NO3S.C3H7NO/c8-11(9,10)7-5-3-1-2-4-6-7;1-4(2)3-5/h1-6H2,(H,8,9,10);3H,1-2H3. The summed E-state index contributed by atoms with van der Waals surface area (Å²) in [6.07, 6.45) is 4.59. The van der Waals surface area contributed by atoms with E-state index in [0.29, 0.717) is 13.1 Å². The summed E-state index contributed by atoms with van der Waals surface area (Å²) in [5.74, 6) is 0. The molecule has 0 unspecified atom stereocenters. The number of carbonyl (C=O) groups is 1. The van der Waals surface area contributed by atoms with Crippen molar-refractivity contribution in [3.8, 4) is 0 Å². The highest BCUT2D eigenvalue weighted by Gasteiger charge is 2.19. The molecule has 0 bridgehead atoms. The lowest BCUT2D eigenvalue weighted by molar-refractivity contribution is -0.115. The Labute approximate surface area is 97.1 Å². The summed E-state index contributed by atoms with van der Waals surface area (Å²) in [5.41, 5.74) is 0. The van der Waals surface area contributed by atoms with Gasteiger partial charge in [0, 0.05) is 27.2 Å². The Hall–Kier alpha value is -0.660. The molecule has 96 valence electrons. The van der Waals surface area contributed by atoms with Crippen LogP contribution < -0.4 is 0 Å². The van der Waals surface area contributed by atoms with Crippen molar-refractivity contribution >= 4 is 16.7 Å². The number of nitrogens with zero attached hydrogens (tertiary/aromatic N) is 2. The molecule has 0 aliphatic carbocycles. The van der Waals surface area contributed by atoms with E-state index in [1.165, 1.54) is 4.90 Å². The highest BCUT2D eigenvalue weighted by Crippen LogP contribution is 2.11. The van der Waals surface area contributed by atoms with Crippen LogP contribution in [0.3, 0.4) is 0 Å². The lowest BCUT2D eigenvalue weighted by Crippen LogP contribution is -2.31. The van der Waals surface area contributed by atoms with Crippen LogP contribution in [0.4, 0.5) is 0 Å². The molecule has 6 nitrogen and oxygen atoms in total. The van der Waals surface area contributed by atoms with Crippen LogP contribution in [0.1, 0.15) is 25.7 Å². The largest absolute Gasteiger partial charge is 0.351 e. The third-order valence-electron chi connectivity index (χ3n) is 2.10. The van der Waals surface area contributed by atoms with Crippen LogP contribution in [0.25, 0.3) is 0 Å². The van der Waals surface area contributed by atoms with E-state index in [1.54, 1.807) is 14.1 Å². The van der Waals surface area contributed by atoms with Gasteiger partial charge in [-0.1, -0.05) is 12.8 Å². The summed E-state index contributed by atoms with van der Waals surface area (Å²) in [7, 11) is -0.541. The maximum atomic E-state index is 10.6. The second-order valence-electron chi connectivity index (χ2n) is 3.86. The first-order valence-electron chi connectivity index (χ1n) is 5.22. The summed E-state index contributed by atoms with van der Waals surface area (Å²) in [5, 5.41) is 0. The zero-order chi connectivity index (χ0) is 12.6. The van der Waals surface area contributed by atoms with E-state index in [4.69, 9.17) is 4.55 Å². The Morgan fingerprint density at radius 2 is 1.50 bits per heavy atom. The minimum atomic E-state index is -3.92. The van der Waals surface area contributed by atoms with Crippen molar-refractivity contribution in [1.29, 1.82) is 0 Å². The number of amides is 1. The van der Waals surface area contributed by atoms with E-state index in [9.17, 15) is 13.2 Å². The summed E-state index contributed by atoms with van der Waals surface area (Å²) < 4.78 is 31.0. The van der Waals surface area contributed by atoms with Crippen molar-refractivity contribution in [3.63, 3.8) is 0 Å². The molecule has 1 aliphatic heterocycles. The monoisotopic (exact) mass is 252 g/mol. The van der Waals surface area contributed by atoms with Crippen molar-refractivity contribution in [1.82, 2.24) is 9.21 Å². The average Bonchev–Trinajstić information content (AvgIpc) is 2.45. The maximum Gasteiger partial charge on any atom is 0.335 e. The number of hydrogen-bond donors (Lipinski definition) is 1. The van der Waals surface area contributed by atoms with Crippen molar-refractivity contribution in [2.45, 2.75) is 25.7 Å². The number of carbonyl (C=O) groups excluding carboxylic acids is 1. The molecule has 0 aromatic carbocycles. The van der Waals surface area contributed by atoms with Crippen molar-refractivity contribution in [3.05, 3.63) is 0 Å². The smallest absolute Gasteiger partial charge is 0.335 e. The van der Waals surface area contributed by atoms with Gasteiger partial charge in [-0.2, -0.15) is 12.7 Å². The highest BCUT2D eigenvalue weighted by molar-refractivity contribution is 7.83. The Balaban J connectivity index is 0.000000385. The fourth-order valence-corrected chi connectivity index (χ4v) is 1.99. The average molecular weight is 252 g/mol. The third-order valence-corrected chi connectivity index (χ3v) is 3.12. The summed E-state index contributed by atoms with van der Waals surface area (Å²) in [6.45, 7) is 0.942. The minimum absolute atomic E-state index is 0.471. The van der Waals surface area contributed by atoms with Gasteiger partial charge in [0.1, 0.15) is 0 Å². The first-order chi connectivity index (χ1) is 7.38. The molecule has 1 rings (SSSR count). The Bertz CT molecular complexity index is 282. The van der Waals surface area contributed by atoms with E-state index in [1.807, 2.05) is 0 Å². The van der Waals surface area contributed by atoms with Gasteiger partial charge < -0.3 is 4.90 Å². The molecule has 1 fully saturated rings. The first kappa shape index (κ1) is 15.3. The van der Waals surface area contributed by atoms with Gasteiger partial charge >= 0.3 is 10.3 Å². The van der Waals surface area contributed by atoms with E-state index in [2.05, 4.69) is 0 Å². The maximum absolute atomic E-state index is 10.6. The van der Waals surface area contributed by atoms with Gasteiger partial charge in [-0.25, -0.2) is 0 Å². The molecule has 1 saturated heterocycles. The third kappa shape index (κ3) is 7.61. The molecular weight excluding hydrogens is 232 g/mol. The highest BCUT2D eigenvalue weighted by atomic mass is 32.2. The summed E-state index contributed by atoms with van der Waals surface area (Å²) in [6, 6.07) is 0. The van der Waals surface area contributed by atoms with E-state index >= 15 is 0 Å². The van der Waals surface area contributed by atoms with Gasteiger partial charge in [-0.15, -0.1) is 0 Å². The molecule has 0 radical (unpaired) electrons. The Kier molecular flexibility index (Phi) is 7.27. The molecule has 1 aliphatic rings. The van der Waals surface area contributed by atoms with Gasteiger partial charge in [0.25, 0.3) is 0 Å². The minimum Gasteiger partial charge on any atom is -0.351 e. The van der Waals surface area contributed by atoms with E-state index in [0.717, 1.165) is 36.4 Å². The fourth-order valence-electron chi connectivity index (χ4n) is 1.27. The SMILES string of the molecule is CN(C)C=O.O=S(=O)(O)N1CCCCCC1. The predicted octanol–water partition coefficient (Wildman–Crippen LogP) is 0.370. The van der Waals surface area contributed by atoms with Crippen molar-refractivity contribution < 1.29 is 17.8 Å². The van der Waals surface area contributed by atoms with Crippen LogP contribution in [-0.4, -0.2) is 55.8 Å². The lowest BCUT2D eigenvalue weighted by Gasteiger charge is -2.14. The quantitative estimate of drug-likeness (QED) is 0.569. The van der Waals surface area contributed by atoms with Crippen LogP contribution in [0, 0.1) is 0 Å². The summed E-state index contributed by atoms with van der Waals surface area (Å²) in [4.78, 5) is 10.9. The molecular formula is C9H20N2O4S. The normalized spacial score (nSPS) is 17.9. The number of hydrogen-bond acceptors (Lipinski definition) is 3. The van der Waals surface area contributed by atoms with Crippen LogP contribution in [-0.2, 0) is 15.1 Å². The lowest BCUT2D eigenvalue weighted by atomic mass is 10.2. The molecule has 16 heavy (non-hydrogen) atoms. The first-order valence-corrected chi connectivity index (χ1v) is 6.62. The molecule has 0 spiro atoms. The zero-order valence-corrected chi connectivity index (χ0v) is 10.6. The molecule has 0 aromatic rings. The van der Waals surface area contributed by atoms with Gasteiger partial charge in [0.05, 0.1) is 0 Å². The second kappa shape index (κ2) is 7.59. The second-order valence-corrected chi connectivity index (χ2v) is 5.27. The van der Waals surface area contributed by atoms with E-state index < -0.39 is 10.3 Å². The molecule has 7 heteroatoms. The fraction of sp³-hybridized carbons (Fsp3) is 0.889. The molecule has 1 N–H and O–H groups in total. The Morgan fingerprint density at radius 3 is 1.75 bits per heavy atom. The molecule has 0 saturated carbocycles. The predicted molar refractivity (Wildman–Crippen MR) is 61.3 cm³/mol.